The average Bonchev–Trinajstić information content (AvgIpc) is 2.12. The molecule has 0 saturated carbocycles. The van der Waals surface area contributed by atoms with Gasteiger partial charge in [-0.15, -0.1) is 12.3 Å². The molecular formula is C10H13F6N. The van der Waals surface area contributed by atoms with E-state index in [0.717, 1.165) is 7.05 Å². The molecule has 1 nitrogen and oxygen atoms in total. The first-order valence-corrected chi connectivity index (χ1v) is 4.88. The lowest BCUT2D eigenvalue weighted by molar-refractivity contribution is -0.291. The Balaban J connectivity index is 4.83. The normalized spacial score (nSPS) is 14.8. The van der Waals surface area contributed by atoms with Gasteiger partial charge < -0.3 is 5.32 Å². The van der Waals surface area contributed by atoms with Gasteiger partial charge in [-0.3, -0.25) is 0 Å². The van der Waals surface area contributed by atoms with Crippen LogP contribution in [0.1, 0.15) is 19.3 Å². The van der Waals surface area contributed by atoms with E-state index in [4.69, 9.17) is 6.42 Å². The van der Waals surface area contributed by atoms with Crippen LogP contribution in [0.5, 0.6) is 0 Å². The second kappa shape index (κ2) is 6.15. The quantitative estimate of drug-likeness (QED) is 0.455. The van der Waals surface area contributed by atoms with E-state index in [1.54, 1.807) is 0 Å². The number of alkyl halides is 6. The second-order valence-corrected chi connectivity index (χ2v) is 3.55. The van der Waals surface area contributed by atoms with Crippen molar-refractivity contribution < 1.29 is 26.3 Å². The summed E-state index contributed by atoms with van der Waals surface area (Å²) >= 11 is 0. The average molecular weight is 261 g/mol. The maximum absolute atomic E-state index is 12.4. The monoisotopic (exact) mass is 261 g/mol. The van der Waals surface area contributed by atoms with Gasteiger partial charge in [-0.2, -0.15) is 26.3 Å². The summed E-state index contributed by atoms with van der Waals surface area (Å²) in [6.45, 7) is 0. The molecule has 0 heterocycles. The minimum Gasteiger partial charge on any atom is -0.316 e. The SMILES string of the molecule is C#CCCCC(NC)C(C(F)(F)F)C(F)(F)F. The molecular weight excluding hydrogens is 248 g/mol. The number of unbranched alkanes of at least 4 members (excludes halogenated alkanes) is 1. The van der Waals surface area contributed by atoms with Gasteiger partial charge in [-0.25, -0.2) is 0 Å². The minimum absolute atomic E-state index is 0.116. The van der Waals surface area contributed by atoms with E-state index < -0.39 is 24.3 Å². The Bertz CT molecular complexity index is 247. The van der Waals surface area contributed by atoms with Crippen molar-refractivity contribution in [3.05, 3.63) is 0 Å². The van der Waals surface area contributed by atoms with Crippen molar-refractivity contribution in [3.63, 3.8) is 0 Å². The number of rotatable bonds is 5. The predicted molar refractivity (Wildman–Crippen MR) is 51.1 cm³/mol. The third kappa shape index (κ3) is 5.31. The molecule has 0 bridgehead atoms. The molecule has 0 aliphatic carbocycles. The molecule has 1 unspecified atom stereocenters. The van der Waals surface area contributed by atoms with Crippen LogP contribution in [0.25, 0.3) is 0 Å². The highest BCUT2D eigenvalue weighted by atomic mass is 19.4. The summed E-state index contributed by atoms with van der Waals surface area (Å²) in [5.41, 5.74) is 0. The molecule has 0 aromatic heterocycles. The molecule has 100 valence electrons. The zero-order valence-electron chi connectivity index (χ0n) is 9.12. The molecule has 0 aromatic rings. The van der Waals surface area contributed by atoms with Gasteiger partial charge in [0.25, 0.3) is 0 Å². The molecule has 1 N–H and O–H groups in total. The summed E-state index contributed by atoms with van der Waals surface area (Å²) in [5.74, 6) is -1.19. The Labute approximate surface area is 95.6 Å². The maximum atomic E-state index is 12.4. The molecule has 1 atom stereocenters. The van der Waals surface area contributed by atoms with E-state index in [1.807, 2.05) is 0 Å². The molecule has 0 fully saturated rings. The summed E-state index contributed by atoms with van der Waals surface area (Å²) in [7, 11) is 1.07. The molecule has 0 rings (SSSR count). The van der Waals surface area contributed by atoms with E-state index in [1.165, 1.54) is 0 Å². The van der Waals surface area contributed by atoms with Gasteiger partial charge in [0.15, 0.2) is 5.92 Å². The van der Waals surface area contributed by atoms with Gasteiger partial charge in [0.2, 0.25) is 0 Å². The minimum atomic E-state index is -5.32. The molecule has 0 radical (unpaired) electrons. The van der Waals surface area contributed by atoms with Gasteiger partial charge in [0.1, 0.15) is 0 Å². The van der Waals surface area contributed by atoms with Crippen LogP contribution in [-0.2, 0) is 0 Å². The third-order valence-corrected chi connectivity index (χ3v) is 2.31. The van der Waals surface area contributed by atoms with E-state index in [9.17, 15) is 26.3 Å². The van der Waals surface area contributed by atoms with Crippen molar-refractivity contribution in [2.45, 2.75) is 37.7 Å². The molecule has 0 amide bonds. The first-order valence-electron chi connectivity index (χ1n) is 4.88. The summed E-state index contributed by atoms with van der Waals surface area (Å²) in [6, 6.07) is -1.71. The lowest BCUT2D eigenvalue weighted by Crippen LogP contribution is -2.50. The Morgan fingerprint density at radius 2 is 1.59 bits per heavy atom. The molecule has 0 saturated heterocycles. The van der Waals surface area contributed by atoms with E-state index in [0.29, 0.717) is 0 Å². The Morgan fingerprint density at radius 1 is 1.12 bits per heavy atom. The molecule has 17 heavy (non-hydrogen) atoms. The van der Waals surface area contributed by atoms with Crippen LogP contribution < -0.4 is 5.32 Å². The summed E-state index contributed by atoms with van der Waals surface area (Å²) in [5, 5.41) is 2.07. The number of hydrogen-bond acceptors (Lipinski definition) is 1. The number of terminal acetylenes is 1. The lowest BCUT2D eigenvalue weighted by Gasteiger charge is -2.30. The predicted octanol–water partition coefficient (Wildman–Crippen LogP) is 3.12. The molecule has 0 spiro atoms. The van der Waals surface area contributed by atoms with Crippen molar-refractivity contribution in [3.8, 4) is 12.3 Å². The Morgan fingerprint density at radius 3 is 1.88 bits per heavy atom. The first-order chi connectivity index (χ1) is 7.64. The van der Waals surface area contributed by atoms with Crippen LogP contribution >= 0.6 is 0 Å². The maximum Gasteiger partial charge on any atom is 0.401 e. The summed E-state index contributed by atoms with van der Waals surface area (Å²) in [6.07, 6.45) is -5.75. The third-order valence-electron chi connectivity index (χ3n) is 2.31. The summed E-state index contributed by atoms with van der Waals surface area (Å²) < 4.78 is 74.2. The van der Waals surface area contributed by atoms with Gasteiger partial charge in [0, 0.05) is 12.5 Å². The number of halogens is 6. The van der Waals surface area contributed by atoms with Crippen LogP contribution in [0.2, 0.25) is 0 Å². The zero-order valence-corrected chi connectivity index (χ0v) is 9.12. The Kier molecular flexibility index (Phi) is 5.82. The molecule has 0 aliphatic heterocycles. The summed E-state index contributed by atoms with van der Waals surface area (Å²) in [4.78, 5) is 0. The van der Waals surface area contributed by atoms with Crippen molar-refractivity contribution in [1.82, 2.24) is 5.32 Å². The fourth-order valence-electron chi connectivity index (χ4n) is 1.54. The Hall–Kier alpha value is -0.900. The smallest absolute Gasteiger partial charge is 0.316 e. The van der Waals surface area contributed by atoms with Gasteiger partial charge in [-0.05, 0) is 19.9 Å². The van der Waals surface area contributed by atoms with Gasteiger partial charge >= 0.3 is 12.4 Å². The fraction of sp³-hybridized carbons (Fsp3) is 0.800. The van der Waals surface area contributed by atoms with Crippen LogP contribution in [0, 0.1) is 18.3 Å². The van der Waals surface area contributed by atoms with E-state index in [2.05, 4.69) is 11.2 Å². The van der Waals surface area contributed by atoms with Crippen LogP contribution in [0.4, 0.5) is 26.3 Å². The van der Waals surface area contributed by atoms with Crippen molar-refractivity contribution >= 4 is 0 Å². The van der Waals surface area contributed by atoms with Crippen LogP contribution in [-0.4, -0.2) is 25.4 Å². The molecule has 0 aromatic carbocycles. The zero-order chi connectivity index (χ0) is 13.7. The highest BCUT2D eigenvalue weighted by Gasteiger charge is 2.59. The first kappa shape index (κ1) is 16.1. The standard InChI is InChI=1S/C10H13F6N/c1-3-4-5-6-7(17-2)8(9(11,12)13)10(14,15)16/h1,7-8,17H,4-6H2,2H3. The largest absolute Gasteiger partial charge is 0.401 e. The van der Waals surface area contributed by atoms with E-state index in [-0.39, 0.29) is 19.3 Å². The van der Waals surface area contributed by atoms with Crippen molar-refractivity contribution in [2.24, 2.45) is 5.92 Å². The fourth-order valence-corrected chi connectivity index (χ4v) is 1.54. The number of hydrogen-bond donors (Lipinski definition) is 1. The topological polar surface area (TPSA) is 12.0 Å². The number of nitrogens with one attached hydrogen (secondary N) is 1. The lowest BCUT2D eigenvalue weighted by atomic mass is 9.94. The highest BCUT2D eigenvalue weighted by molar-refractivity contribution is 4.89. The molecule has 0 aliphatic rings. The van der Waals surface area contributed by atoms with Gasteiger partial charge in [0.05, 0.1) is 0 Å². The van der Waals surface area contributed by atoms with Crippen molar-refractivity contribution in [1.29, 1.82) is 0 Å². The highest BCUT2D eigenvalue weighted by Crippen LogP contribution is 2.42. The molecule has 7 heteroatoms. The van der Waals surface area contributed by atoms with E-state index >= 15 is 0 Å². The van der Waals surface area contributed by atoms with Crippen molar-refractivity contribution in [2.75, 3.05) is 7.05 Å². The second-order valence-electron chi connectivity index (χ2n) is 3.55. The van der Waals surface area contributed by atoms with Gasteiger partial charge in [-0.1, -0.05) is 0 Å². The van der Waals surface area contributed by atoms with Crippen LogP contribution in [0.3, 0.4) is 0 Å². The van der Waals surface area contributed by atoms with Crippen LogP contribution in [0.15, 0.2) is 0 Å².